The molecule has 0 aliphatic carbocycles. The fourth-order valence-electron chi connectivity index (χ4n) is 1.19. The maximum Gasteiger partial charge on any atom is 0.175 e. The molecule has 0 saturated heterocycles. The first-order chi connectivity index (χ1) is 7.39. The summed E-state index contributed by atoms with van der Waals surface area (Å²) >= 11 is 0. The van der Waals surface area contributed by atoms with E-state index in [0.29, 0.717) is 6.42 Å². The average molecular weight is 244 g/mol. The number of hydrazine groups is 1. The Bertz CT molecular complexity index is 467. The molecule has 0 saturated carbocycles. The van der Waals surface area contributed by atoms with Crippen molar-refractivity contribution in [3.63, 3.8) is 0 Å². The van der Waals surface area contributed by atoms with E-state index >= 15 is 0 Å². The van der Waals surface area contributed by atoms with E-state index in [1.54, 1.807) is 12.1 Å². The van der Waals surface area contributed by atoms with Gasteiger partial charge in [0.1, 0.15) is 0 Å². The van der Waals surface area contributed by atoms with Crippen molar-refractivity contribution < 1.29 is 13.5 Å². The second-order valence-electron chi connectivity index (χ2n) is 3.33. The average Bonchev–Trinajstić information content (AvgIpc) is 2.16. The smallest absolute Gasteiger partial charge is 0.175 e. The molecule has 0 radical (unpaired) electrons. The Kier molecular flexibility index (Phi) is 3.83. The molecule has 0 aliphatic rings. The third-order valence-corrected chi connectivity index (χ3v) is 3.13. The van der Waals surface area contributed by atoms with Crippen molar-refractivity contribution in [1.82, 2.24) is 5.43 Å². The summed E-state index contributed by atoms with van der Waals surface area (Å²) in [6, 6.07) is 6.30. The molecular weight excluding hydrogens is 232 g/mol. The van der Waals surface area contributed by atoms with Gasteiger partial charge < -0.3 is 0 Å². The predicted molar refractivity (Wildman–Crippen MR) is 58.3 cm³/mol. The van der Waals surface area contributed by atoms with E-state index in [2.05, 4.69) is 0 Å². The Labute approximate surface area is 93.3 Å². The fourth-order valence-corrected chi connectivity index (χ4v) is 1.83. The molecule has 0 unspecified atom stereocenters. The van der Waals surface area contributed by atoms with Crippen LogP contribution in [0, 0.1) is 10.1 Å². The van der Waals surface area contributed by atoms with Crippen LogP contribution in [0.25, 0.3) is 0 Å². The molecule has 6 nitrogen and oxygen atoms in total. The van der Waals surface area contributed by atoms with E-state index in [4.69, 9.17) is 0 Å². The lowest BCUT2D eigenvalue weighted by Crippen LogP contribution is -2.23. The molecule has 0 aliphatic heterocycles. The zero-order valence-corrected chi connectivity index (χ0v) is 9.53. The molecule has 88 valence electrons. The van der Waals surface area contributed by atoms with Gasteiger partial charge in [-0.15, -0.1) is 5.43 Å². The molecule has 0 fully saturated rings. The van der Waals surface area contributed by atoms with Gasteiger partial charge in [0, 0.05) is 6.26 Å². The van der Waals surface area contributed by atoms with E-state index in [9.17, 15) is 18.5 Å². The topological polar surface area (TPSA) is 89.3 Å². The lowest BCUT2D eigenvalue weighted by Gasteiger charge is -2.01. The summed E-state index contributed by atoms with van der Waals surface area (Å²) < 4.78 is 22.3. The van der Waals surface area contributed by atoms with Gasteiger partial charge in [0.25, 0.3) is 0 Å². The van der Waals surface area contributed by atoms with Gasteiger partial charge in [0.05, 0.1) is 11.4 Å². The first-order valence-corrected chi connectivity index (χ1v) is 6.45. The van der Waals surface area contributed by atoms with Crippen LogP contribution in [0.2, 0.25) is 0 Å². The van der Waals surface area contributed by atoms with Gasteiger partial charge in [0.15, 0.2) is 14.9 Å². The van der Waals surface area contributed by atoms with Crippen molar-refractivity contribution in [1.29, 1.82) is 0 Å². The highest BCUT2D eigenvalue weighted by Gasteiger charge is 2.06. The molecular formula is C9H12N2O4S. The Balaban J connectivity index is 2.62. The van der Waals surface area contributed by atoms with E-state index in [1.807, 2.05) is 5.43 Å². The van der Waals surface area contributed by atoms with Crippen LogP contribution >= 0.6 is 0 Å². The van der Waals surface area contributed by atoms with E-state index in [-0.39, 0.29) is 11.4 Å². The number of nitrogens with zero attached hydrogens (tertiary/aromatic N) is 1. The number of nitrogens with one attached hydrogen (secondary N) is 1. The van der Waals surface area contributed by atoms with Crippen LogP contribution in [-0.4, -0.2) is 26.3 Å². The van der Waals surface area contributed by atoms with Gasteiger partial charge in [-0.1, -0.05) is 12.1 Å². The van der Waals surface area contributed by atoms with Crippen LogP contribution in [0.5, 0.6) is 0 Å². The van der Waals surface area contributed by atoms with Crippen LogP contribution in [-0.2, 0) is 16.3 Å². The molecule has 0 aromatic heterocycles. The van der Waals surface area contributed by atoms with E-state index in [1.165, 1.54) is 12.1 Å². The van der Waals surface area contributed by atoms with Gasteiger partial charge in [-0.05, 0) is 24.1 Å². The minimum atomic E-state index is -3.18. The number of hydrogen-bond acceptors (Lipinski definition) is 4. The van der Waals surface area contributed by atoms with E-state index in [0.717, 1.165) is 11.8 Å². The third-order valence-electron chi connectivity index (χ3n) is 2.01. The third kappa shape index (κ3) is 3.85. The molecule has 1 N–H and O–H groups in total. The summed E-state index contributed by atoms with van der Waals surface area (Å²) in [5.74, 6) is 0. The Morgan fingerprint density at radius 1 is 1.31 bits per heavy atom. The summed E-state index contributed by atoms with van der Waals surface area (Å²) in [7, 11) is -3.18. The van der Waals surface area contributed by atoms with Crippen LogP contribution < -0.4 is 5.43 Å². The predicted octanol–water partition coefficient (Wildman–Crippen LogP) is 0.414. The minimum Gasteiger partial charge on any atom is -0.235 e. The van der Waals surface area contributed by atoms with Crippen molar-refractivity contribution in [2.24, 2.45) is 0 Å². The quantitative estimate of drug-likeness (QED) is 0.598. The number of nitro groups is 1. The van der Waals surface area contributed by atoms with Crippen molar-refractivity contribution in [3.8, 4) is 0 Å². The van der Waals surface area contributed by atoms with Crippen LogP contribution in [0.4, 0.5) is 0 Å². The monoisotopic (exact) mass is 244 g/mol. The van der Waals surface area contributed by atoms with Gasteiger partial charge in [0.2, 0.25) is 0 Å². The molecule has 16 heavy (non-hydrogen) atoms. The summed E-state index contributed by atoms with van der Waals surface area (Å²) in [5, 5.41) is 9.38. The lowest BCUT2D eigenvalue weighted by molar-refractivity contribution is -0.543. The summed E-state index contributed by atoms with van der Waals surface area (Å²) in [6.07, 6.45) is 1.61. The van der Waals surface area contributed by atoms with Crippen molar-refractivity contribution in [2.45, 2.75) is 11.3 Å². The van der Waals surface area contributed by atoms with E-state index < -0.39 is 14.9 Å². The van der Waals surface area contributed by atoms with Gasteiger partial charge in [-0.2, -0.15) is 0 Å². The Morgan fingerprint density at radius 2 is 1.88 bits per heavy atom. The second-order valence-corrected chi connectivity index (χ2v) is 5.35. The van der Waals surface area contributed by atoms with Gasteiger partial charge in [-0.3, -0.25) is 0 Å². The van der Waals surface area contributed by atoms with Crippen molar-refractivity contribution >= 4 is 9.84 Å². The summed E-state index contributed by atoms with van der Waals surface area (Å²) in [4.78, 5) is 10.2. The molecule has 1 rings (SSSR count). The SMILES string of the molecule is CS(=O)(=O)c1ccc(CCN[N+](=O)[O-])cc1. The van der Waals surface area contributed by atoms with Crippen LogP contribution in [0.3, 0.4) is 0 Å². The molecule has 0 amide bonds. The first-order valence-electron chi connectivity index (χ1n) is 4.56. The van der Waals surface area contributed by atoms with Crippen molar-refractivity contribution in [2.75, 3.05) is 12.8 Å². The zero-order valence-electron chi connectivity index (χ0n) is 8.71. The highest BCUT2D eigenvalue weighted by Crippen LogP contribution is 2.10. The summed E-state index contributed by atoms with van der Waals surface area (Å²) in [5.41, 5.74) is 2.89. The lowest BCUT2D eigenvalue weighted by atomic mass is 10.2. The molecule has 0 spiro atoms. The van der Waals surface area contributed by atoms with Gasteiger partial charge in [-0.25, -0.2) is 18.5 Å². The standard InChI is InChI=1S/C9H12N2O4S/c1-16(14,15)9-4-2-8(3-5-9)6-7-10-11(12)13/h2-5,10H,6-7H2,1H3. The largest absolute Gasteiger partial charge is 0.235 e. The second kappa shape index (κ2) is 4.93. The molecule has 1 aromatic carbocycles. The maximum atomic E-state index is 11.1. The number of hydrogen-bond donors (Lipinski definition) is 1. The minimum absolute atomic E-state index is 0.214. The number of benzene rings is 1. The van der Waals surface area contributed by atoms with Crippen LogP contribution in [0.15, 0.2) is 29.2 Å². The number of sulfone groups is 1. The van der Waals surface area contributed by atoms with Crippen LogP contribution in [0.1, 0.15) is 5.56 Å². The molecule has 1 aromatic rings. The normalized spacial score (nSPS) is 11.1. The number of rotatable bonds is 5. The molecule has 0 bridgehead atoms. The zero-order chi connectivity index (χ0) is 12.2. The van der Waals surface area contributed by atoms with Gasteiger partial charge >= 0.3 is 0 Å². The maximum absolute atomic E-state index is 11.1. The molecule has 7 heteroatoms. The highest BCUT2D eigenvalue weighted by molar-refractivity contribution is 7.90. The summed E-state index contributed by atoms with van der Waals surface area (Å²) in [6.45, 7) is 0.214. The molecule has 0 heterocycles. The highest BCUT2D eigenvalue weighted by atomic mass is 32.2. The first kappa shape index (κ1) is 12.4. The Morgan fingerprint density at radius 3 is 2.31 bits per heavy atom. The Hall–Kier alpha value is -1.63. The molecule has 0 atom stereocenters. The van der Waals surface area contributed by atoms with Crippen molar-refractivity contribution in [3.05, 3.63) is 39.9 Å². The fraction of sp³-hybridized carbons (Fsp3) is 0.333.